The number of hydrogen-bond acceptors (Lipinski definition) is 3. The number of aliphatic hydroxyl groups is 1. The van der Waals surface area contributed by atoms with Crippen LogP contribution in [0.4, 0.5) is 0 Å². The molecule has 1 aromatic carbocycles. The van der Waals surface area contributed by atoms with Gasteiger partial charge in [-0.2, -0.15) is 0 Å². The van der Waals surface area contributed by atoms with E-state index in [1.54, 1.807) is 12.0 Å². The Hall–Kier alpha value is -2.27. The van der Waals surface area contributed by atoms with E-state index >= 15 is 0 Å². The number of benzene rings is 1. The number of nitrogens with zero attached hydrogens (tertiary/aromatic N) is 2. The van der Waals surface area contributed by atoms with Crippen molar-refractivity contribution in [3.63, 3.8) is 0 Å². The van der Waals surface area contributed by atoms with Crippen molar-refractivity contribution in [3.05, 3.63) is 53.3 Å². The molecule has 1 amide bonds. The first-order valence-corrected chi connectivity index (χ1v) is 7.76. The highest BCUT2D eigenvalue weighted by Crippen LogP contribution is 2.35. The number of aryl methyl sites for hydroxylation is 2. The molecule has 23 heavy (non-hydrogen) atoms. The highest BCUT2D eigenvalue weighted by Gasteiger charge is 2.37. The van der Waals surface area contributed by atoms with E-state index in [1.807, 2.05) is 55.1 Å². The van der Waals surface area contributed by atoms with Crippen molar-refractivity contribution in [1.82, 2.24) is 9.47 Å². The number of aliphatic hydroxyl groups excluding tert-OH is 1. The lowest BCUT2D eigenvalue weighted by Crippen LogP contribution is -2.33. The van der Waals surface area contributed by atoms with Crippen LogP contribution < -0.4 is 4.74 Å². The lowest BCUT2D eigenvalue weighted by Gasteiger charge is -2.25. The summed E-state index contributed by atoms with van der Waals surface area (Å²) >= 11 is 0. The van der Waals surface area contributed by atoms with E-state index in [4.69, 9.17) is 4.74 Å². The smallest absolute Gasteiger partial charge is 0.271 e. The number of ether oxygens (including phenoxy) is 1. The summed E-state index contributed by atoms with van der Waals surface area (Å²) in [7, 11) is 3.49. The Morgan fingerprint density at radius 1 is 1.35 bits per heavy atom. The summed E-state index contributed by atoms with van der Waals surface area (Å²) < 4.78 is 7.12. The van der Waals surface area contributed by atoms with Gasteiger partial charge >= 0.3 is 0 Å². The number of amides is 1. The largest absolute Gasteiger partial charge is 0.497 e. The summed E-state index contributed by atoms with van der Waals surface area (Å²) in [6, 6.07) is 9.49. The van der Waals surface area contributed by atoms with Gasteiger partial charge in [0, 0.05) is 19.8 Å². The van der Waals surface area contributed by atoms with Crippen molar-refractivity contribution in [1.29, 1.82) is 0 Å². The molecule has 1 aliphatic heterocycles. The van der Waals surface area contributed by atoms with Gasteiger partial charge < -0.3 is 19.3 Å². The Morgan fingerprint density at radius 2 is 2.13 bits per heavy atom. The van der Waals surface area contributed by atoms with E-state index in [0.717, 1.165) is 16.9 Å². The highest BCUT2D eigenvalue weighted by molar-refractivity contribution is 5.94. The first-order chi connectivity index (χ1) is 11.0. The highest BCUT2D eigenvalue weighted by atomic mass is 16.5. The van der Waals surface area contributed by atoms with Crippen LogP contribution in [0.2, 0.25) is 0 Å². The number of β-amino-alcohol motifs (C(OH)–C–C–N with tert-alkyl or cyclic N) is 1. The zero-order valence-electron chi connectivity index (χ0n) is 13.7. The van der Waals surface area contributed by atoms with Gasteiger partial charge in [0.2, 0.25) is 0 Å². The fourth-order valence-corrected chi connectivity index (χ4v) is 3.31. The van der Waals surface area contributed by atoms with Crippen LogP contribution in [0.5, 0.6) is 5.75 Å². The van der Waals surface area contributed by atoms with E-state index < -0.39 is 6.10 Å². The Balaban J connectivity index is 1.95. The fourth-order valence-electron chi connectivity index (χ4n) is 3.31. The summed E-state index contributed by atoms with van der Waals surface area (Å²) in [6.45, 7) is 2.28. The summed E-state index contributed by atoms with van der Waals surface area (Å²) in [4.78, 5) is 14.8. The van der Waals surface area contributed by atoms with Crippen molar-refractivity contribution in [3.8, 4) is 5.75 Å². The molecular formula is C18H22N2O3. The van der Waals surface area contributed by atoms with Gasteiger partial charge in [0.15, 0.2) is 0 Å². The van der Waals surface area contributed by atoms with E-state index in [-0.39, 0.29) is 11.9 Å². The molecule has 3 rings (SSSR count). The van der Waals surface area contributed by atoms with Gasteiger partial charge in [-0.25, -0.2) is 0 Å². The molecule has 5 nitrogen and oxygen atoms in total. The molecule has 2 heterocycles. The zero-order chi connectivity index (χ0) is 16.6. The first kappa shape index (κ1) is 15.6. The molecule has 2 atom stereocenters. The summed E-state index contributed by atoms with van der Waals surface area (Å²) in [5.74, 6) is 0.714. The quantitative estimate of drug-likeness (QED) is 0.946. The molecule has 5 heteroatoms. The molecule has 1 fully saturated rings. The van der Waals surface area contributed by atoms with Gasteiger partial charge in [-0.15, -0.1) is 0 Å². The molecule has 122 valence electrons. The number of rotatable bonds is 3. The normalized spacial score (nSPS) is 20.8. The maximum Gasteiger partial charge on any atom is 0.271 e. The third kappa shape index (κ3) is 2.84. The minimum atomic E-state index is -0.504. The number of likely N-dealkylation sites (tertiary alicyclic amines) is 1. The molecule has 1 N–H and O–H groups in total. The number of carbonyl (C=O) groups is 1. The van der Waals surface area contributed by atoms with Crippen LogP contribution in [0.15, 0.2) is 36.5 Å². The van der Waals surface area contributed by atoms with E-state index in [2.05, 4.69) is 0 Å². The standard InChI is InChI=1S/C18H22N2O3/c1-12-7-8-19(2)17(12)18(22)20-11-14(21)10-16(20)13-5-4-6-15(9-13)23-3/h4-9,14,16,21H,10-11H2,1-3H3. The average Bonchev–Trinajstić information content (AvgIpc) is 3.09. The summed E-state index contributed by atoms with van der Waals surface area (Å²) in [5, 5.41) is 10.1. The van der Waals surface area contributed by atoms with Gasteiger partial charge in [-0.05, 0) is 42.7 Å². The molecule has 1 aromatic heterocycles. The average molecular weight is 314 g/mol. The van der Waals surface area contributed by atoms with E-state index in [0.29, 0.717) is 18.7 Å². The molecule has 1 aliphatic rings. The third-order valence-electron chi connectivity index (χ3n) is 4.50. The maximum absolute atomic E-state index is 13.0. The van der Waals surface area contributed by atoms with Gasteiger partial charge in [0.05, 0.1) is 19.3 Å². The monoisotopic (exact) mass is 314 g/mol. The Morgan fingerprint density at radius 3 is 2.78 bits per heavy atom. The molecule has 1 saturated heterocycles. The molecular weight excluding hydrogens is 292 g/mol. The minimum absolute atomic E-state index is 0.0423. The third-order valence-corrected chi connectivity index (χ3v) is 4.50. The van der Waals surface area contributed by atoms with Crippen LogP contribution in [0.3, 0.4) is 0 Å². The second kappa shape index (κ2) is 6.08. The van der Waals surface area contributed by atoms with Gasteiger partial charge in [-0.3, -0.25) is 4.79 Å². The minimum Gasteiger partial charge on any atom is -0.497 e. The maximum atomic E-state index is 13.0. The van der Waals surface area contributed by atoms with Gasteiger partial charge in [0.1, 0.15) is 11.4 Å². The number of aromatic nitrogens is 1. The van der Waals surface area contributed by atoms with Crippen molar-refractivity contribution in [2.24, 2.45) is 7.05 Å². The zero-order valence-corrected chi connectivity index (χ0v) is 13.7. The molecule has 0 saturated carbocycles. The fraction of sp³-hybridized carbons (Fsp3) is 0.389. The second-order valence-corrected chi connectivity index (χ2v) is 6.10. The van der Waals surface area contributed by atoms with Crippen LogP contribution >= 0.6 is 0 Å². The Labute approximate surface area is 136 Å². The number of hydrogen-bond donors (Lipinski definition) is 1. The van der Waals surface area contributed by atoms with Crippen LogP contribution in [0.25, 0.3) is 0 Å². The van der Waals surface area contributed by atoms with Gasteiger partial charge in [0.25, 0.3) is 5.91 Å². The van der Waals surface area contributed by atoms with E-state index in [9.17, 15) is 9.90 Å². The molecule has 0 spiro atoms. The van der Waals surface area contributed by atoms with Crippen molar-refractivity contribution < 1.29 is 14.6 Å². The topological polar surface area (TPSA) is 54.7 Å². The summed E-state index contributed by atoms with van der Waals surface area (Å²) in [6.07, 6.45) is 1.92. The van der Waals surface area contributed by atoms with E-state index in [1.165, 1.54) is 0 Å². The predicted molar refractivity (Wildman–Crippen MR) is 87.5 cm³/mol. The molecule has 2 unspecified atom stereocenters. The van der Waals surface area contributed by atoms with Crippen molar-refractivity contribution >= 4 is 5.91 Å². The van der Waals surface area contributed by atoms with Crippen molar-refractivity contribution in [2.45, 2.75) is 25.5 Å². The van der Waals surface area contributed by atoms with Crippen molar-refractivity contribution in [2.75, 3.05) is 13.7 Å². The molecule has 0 bridgehead atoms. The predicted octanol–water partition coefficient (Wildman–Crippen LogP) is 2.29. The lowest BCUT2D eigenvalue weighted by molar-refractivity contribution is 0.0705. The molecule has 0 aliphatic carbocycles. The van der Waals surface area contributed by atoms with Gasteiger partial charge in [-0.1, -0.05) is 12.1 Å². The second-order valence-electron chi connectivity index (χ2n) is 6.10. The first-order valence-electron chi connectivity index (χ1n) is 7.76. The van der Waals surface area contributed by atoms with Crippen LogP contribution in [-0.4, -0.2) is 40.2 Å². The Kier molecular flexibility index (Phi) is 4.13. The summed E-state index contributed by atoms with van der Waals surface area (Å²) in [5.41, 5.74) is 2.61. The lowest BCUT2D eigenvalue weighted by atomic mass is 10.0. The van der Waals surface area contributed by atoms with Crippen LogP contribution in [0.1, 0.15) is 34.1 Å². The molecule has 0 radical (unpaired) electrons. The van der Waals surface area contributed by atoms with Crippen LogP contribution in [0, 0.1) is 6.92 Å². The Bertz CT molecular complexity index is 703. The van der Waals surface area contributed by atoms with Crippen LogP contribution in [-0.2, 0) is 7.05 Å². The SMILES string of the molecule is COc1cccc(C2CC(O)CN2C(=O)c2c(C)ccn2C)c1. The number of methoxy groups -OCH3 is 1. The number of carbonyl (C=O) groups excluding carboxylic acids is 1. The molecule has 2 aromatic rings.